The van der Waals surface area contributed by atoms with Crippen LogP contribution in [0.25, 0.3) is 0 Å². The molecule has 0 heterocycles. The van der Waals surface area contributed by atoms with Gasteiger partial charge in [-0.1, -0.05) is 6.08 Å². The molecule has 0 saturated heterocycles. The lowest BCUT2D eigenvalue weighted by atomic mass is 10.1. The quantitative estimate of drug-likeness (QED) is 0.476. The molecule has 0 aliphatic rings. The van der Waals surface area contributed by atoms with E-state index in [1.807, 2.05) is 0 Å². The van der Waals surface area contributed by atoms with Gasteiger partial charge in [0.25, 0.3) is 0 Å². The third-order valence-electron chi connectivity index (χ3n) is 2.11. The van der Waals surface area contributed by atoms with Gasteiger partial charge >= 0.3 is 15.6 Å². The first kappa shape index (κ1) is 15.4. The molecule has 1 aromatic carbocycles. The number of alkyl halides is 3. The van der Waals surface area contributed by atoms with E-state index in [0.717, 1.165) is 6.07 Å². The Labute approximate surface area is 108 Å². The minimum absolute atomic E-state index is 0.139. The number of hydrogen-bond donors (Lipinski definition) is 0. The summed E-state index contributed by atoms with van der Waals surface area (Å²) in [5.74, 6) is -0.0355. The molecular weight excluding hydrogens is 285 g/mol. The first-order valence-corrected chi connectivity index (χ1v) is 6.40. The zero-order valence-corrected chi connectivity index (χ0v) is 10.7. The van der Waals surface area contributed by atoms with Crippen LogP contribution < -0.4 is 8.92 Å². The van der Waals surface area contributed by atoms with Gasteiger partial charge in [0.1, 0.15) is 11.5 Å². The minimum Gasteiger partial charge on any atom is -0.497 e. The van der Waals surface area contributed by atoms with E-state index >= 15 is 0 Å². The summed E-state index contributed by atoms with van der Waals surface area (Å²) in [7, 11) is -4.31. The van der Waals surface area contributed by atoms with E-state index < -0.39 is 21.4 Å². The number of benzene rings is 1. The van der Waals surface area contributed by atoms with Gasteiger partial charge in [-0.25, -0.2) is 0 Å². The molecule has 0 unspecified atom stereocenters. The van der Waals surface area contributed by atoms with Crippen LogP contribution in [-0.2, 0) is 16.5 Å². The average Bonchev–Trinajstić information content (AvgIpc) is 2.30. The molecule has 0 N–H and O–H groups in total. The van der Waals surface area contributed by atoms with Crippen molar-refractivity contribution < 1.29 is 30.5 Å². The second-order valence-corrected chi connectivity index (χ2v) is 4.99. The van der Waals surface area contributed by atoms with Crippen LogP contribution in [0.5, 0.6) is 11.5 Å². The number of ether oxygens (including phenoxy) is 1. The van der Waals surface area contributed by atoms with Gasteiger partial charge in [0.2, 0.25) is 0 Å². The van der Waals surface area contributed by atoms with Gasteiger partial charge in [0, 0.05) is 5.56 Å². The molecule has 4 nitrogen and oxygen atoms in total. The molecule has 0 fully saturated rings. The summed E-state index contributed by atoms with van der Waals surface area (Å²) in [6.07, 6.45) is 1.54. The fourth-order valence-electron chi connectivity index (χ4n) is 1.24. The van der Waals surface area contributed by atoms with Crippen LogP contribution in [0, 0.1) is 0 Å². The van der Waals surface area contributed by atoms with Gasteiger partial charge in [0.15, 0.2) is 0 Å². The molecule has 0 aromatic heterocycles. The summed E-state index contributed by atoms with van der Waals surface area (Å²) < 4.78 is 67.5. The summed E-state index contributed by atoms with van der Waals surface area (Å²) >= 11 is 0. The molecular formula is C11H11F3O4S. The summed E-state index contributed by atoms with van der Waals surface area (Å²) in [6.45, 7) is 3.43. The topological polar surface area (TPSA) is 52.6 Å². The zero-order chi connectivity index (χ0) is 14.7. The Kier molecular flexibility index (Phi) is 4.46. The largest absolute Gasteiger partial charge is 0.534 e. The van der Waals surface area contributed by atoms with Crippen molar-refractivity contribution >= 4 is 10.1 Å². The van der Waals surface area contributed by atoms with Crippen molar-refractivity contribution in [3.8, 4) is 11.5 Å². The molecule has 0 bridgehead atoms. The van der Waals surface area contributed by atoms with E-state index in [2.05, 4.69) is 10.8 Å². The Morgan fingerprint density at radius 2 is 2.00 bits per heavy atom. The number of rotatable bonds is 5. The highest BCUT2D eigenvalue weighted by atomic mass is 32.2. The molecule has 0 atom stereocenters. The van der Waals surface area contributed by atoms with Gasteiger partial charge in [0.05, 0.1) is 7.11 Å². The van der Waals surface area contributed by atoms with E-state index in [9.17, 15) is 21.6 Å². The predicted octanol–water partition coefficient (Wildman–Crippen LogP) is 2.65. The van der Waals surface area contributed by atoms with Crippen molar-refractivity contribution in [2.75, 3.05) is 7.11 Å². The predicted molar refractivity (Wildman–Crippen MR) is 62.5 cm³/mol. The Morgan fingerprint density at radius 3 is 2.47 bits per heavy atom. The van der Waals surface area contributed by atoms with Gasteiger partial charge in [-0.3, -0.25) is 0 Å². The molecule has 0 saturated carbocycles. The highest BCUT2D eigenvalue weighted by Crippen LogP contribution is 2.31. The lowest BCUT2D eigenvalue weighted by Gasteiger charge is -2.13. The van der Waals surface area contributed by atoms with E-state index in [-0.39, 0.29) is 12.0 Å². The van der Waals surface area contributed by atoms with Crippen molar-refractivity contribution in [2.45, 2.75) is 11.9 Å². The number of methoxy groups -OCH3 is 1. The molecule has 0 spiro atoms. The van der Waals surface area contributed by atoms with Crippen LogP contribution in [0.3, 0.4) is 0 Å². The molecule has 1 rings (SSSR count). The summed E-state index contributed by atoms with van der Waals surface area (Å²) in [5, 5.41) is 0. The molecule has 0 aliphatic heterocycles. The Bertz CT molecular complexity index is 564. The van der Waals surface area contributed by atoms with Gasteiger partial charge in [-0.2, -0.15) is 21.6 Å². The second-order valence-electron chi connectivity index (χ2n) is 3.45. The highest BCUT2D eigenvalue weighted by Gasteiger charge is 2.48. The van der Waals surface area contributed by atoms with Gasteiger partial charge in [-0.05, 0) is 24.6 Å². The van der Waals surface area contributed by atoms with Crippen molar-refractivity contribution in [3.63, 3.8) is 0 Å². The summed E-state index contributed by atoms with van der Waals surface area (Å²) in [4.78, 5) is 0. The number of allylic oxidation sites excluding steroid dienone is 1. The normalized spacial score (nSPS) is 12.0. The maximum Gasteiger partial charge on any atom is 0.534 e. The maximum atomic E-state index is 12.2. The van der Waals surface area contributed by atoms with Gasteiger partial charge in [-0.15, -0.1) is 6.58 Å². The van der Waals surface area contributed by atoms with Crippen LogP contribution in [0.1, 0.15) is 5.56 Å². The standard InChI is InChI=1S/C11H11F3O4S/c1-3-4-8-7-9(17-2)5-6-10(8)18-19(15,16)11(12,13)14/h3,5-7H,1,4H2,2H3. The van der Waals surface area contributed by atoms with E-state index in [0.29, 0.717) is 5.75 Å². The van der Waals surface area contributed by atoms with Crippen LogP contribution >= 0.6 is 0 Å². The van der Waals surface area contributed by atoms with Crippen LogP contribution in [0.4, 0.5) is 13.2 Å². The van der Waals surface area contributed by atoms with E-state index in [1.54, 1.807) is 0 Å². The number of halogens is 3. The molecule has 0 amide bonds. The fourth-order valence-corrected chi connectivity index (χ4v) is 1.74. The van der Waals surface area contributed by atoms with E-state index in [1.165, 1.54) is 25.3 Å². The molecule has 19 heavy (non-hydrogen) atoms. The SMILES string of the molecule is C=CCc1cc(OC)ccc1OS(=O)(=O)C(F)(F)F. The lowest BCUT2D eigenvalue weighted by Crippen LogP contribution is -2.28. The fraction of sp³-hybridized carbons (Fsp3) is 0.273. The third kappa shape index (κ3) is 3.63. The molecule has 8 heteroatoms. The Morgan fingerprint density at radius 1 is 1.37 bits per heavy atom. The van der Waals surface area contributed by atoms with Crippen molar-refractivity contribution in [3.05, 3.63) is 36.4 Å². The molecule has 1 aromatic rings. The third-order valence-corrected chi connectivity index (χ3v) is 3.08. The Hall–Kier alpha value is -1.70. The molecule has 106 valence electrons. The van der Waals surface area contributed by atoms with E-state index in [4.69, 9.17) is 4.74 Å². The Balaban J connectivity index is 3.17. The zero-order valence-electron chi connectivity index (χ0n) is 9.90. The van der Waals surface area contributed by atoms with Crippen molar-refractivity contribution in [1.29, 1.82) is 0 Å². The minimum atomic E-state index is -5.69. The average molecular weight is 296 g/mol. The maximum absolute atomic E-state index is 12.2. The van der Waals surface area contributed by atoms with Gasteiger partial charge < -0.3 is 8.92 Å². The second kappa shape index (κ2) is 5.52. The summed E-state index contributed by atoms with van der Waals surface area (Å²) in [6, 6.07) is 3.78. The monoisotopic (exact) mass is 296 g/mol. The van der Waals surface area contributed by atoms with Crippen LogP contribution in [-0.4, -0.2) is 21.0 Å². The first-order chi connectivity index (χ1) is 8.71. The number of hydrogen-bond acceptors (Lipinski definition) is 4. The molecule has 0 radical (unpaired) electrons. The lowest BCUT2D eigenvalue weighted by molar-refractivity contribution is -0.0500. The summed E-state index contributed by atoms with van der Waals surface area (Å²) in [5.41, 5.74) is -5.25. The molecule has 0 aliphatic carbocycles. The highest BCUT2D eigenvalue weighted by molar-refractivity contribution is 7.88. The first-order valence-electron chi connectivity index (χ1n) is 5.00. The van der Waals surface area contributed by atoms with Crippen molar-refractivity contribution in [1.82, 2.24) is 0 Å². The van der Waals surface area contributed by atoms with Crippen LogP contribution in [0.2, 0.25) is 0 Å². The van der Waals surface area contributed by atoms with Crippen molar-refractivity contribution in [2.24, 2.45) is 0 Å². The van der Waals surface area contributed by atoms with Crippen LogP contribution in [0.15, 0.2) is 30.9 Å². The smallest absolute Gasteiger partial charge is 0.497 e.